The van der Waals surface area contributed by atoms with Crippen LogP contribution in [0.15, 0.2) is 40.2 Å². The van der Waals surface area contributed by atoms with Crippen molar-refractivity contribution in [1.82, 2.24) is 4.90 Å². The van der Waals surface area contributed by atoms with Crippen LogP contribution in [0.2, 0.25) is 0 Å². The van der Waals surface area contributed by atoms with Crippen molar-refractivity contribution < 1.29 is 9.59 Å². The molecule has 2 amide bonds. The summed E-state index contributed by atoms with van der Waals surface area (Å²) in [7, 11) is 0. The molecule has 1 aliphatic heterocycles. The summed E-state index contributed by atoms with van der Waals surface area (Å²) in [5.41, 5.74) is 1.12. The van der Waals surface area contributed by atoms with Gasteiger partial charge in [-0.25, -0.2) is 0 Å². The van der Waals surface area contributed by atoms with E-state index in [1.165, 1.54) is 17.8 Å². The van der Waals surface area contributed by atoms with Gasteiger partial charge >= 0.3 is 0 Å². The van der Waals surface area contributed by atoms with Crippen LogP contribution in [0.25, 0.3) is 0 Å². The van der Waals surface area contributed by atoms with Gasteiger partial charge < -0.3 is 10.2 Å². The molecule has 3 rings (SSSR count). The number of halogens is 1. The zero-order valence-corrected chi connectivity index (χ0v) is 15.0. The smallest absolute Gasteiger partial charge is 0.265 e. The molecule has 1 aliphatic rings. The Morgan fingerprint density at radius 2 is 1.78 bits per heavy atom. The van der Waals surface area contributed by atoms with Gasteiger partial charge in [-0.3, -0.25) is 9.59 Å². The zero-order valence-electron chi connectivity index (χ0n) is 12.5. The summed E-state index contributed by atoms with van der Waals surface area (Å²) >= 11 is 4.72. The number of nitrogens with zero attached hydrogens (tertiary/aromatic N) is 1. The summed E-state index contributed by atoms with van der Waals surface area (Å²) in [6.45, 7) is 1.58. The van der Waals surface area contributed by atoms with Gasteiger partial charge in [-0.15, -0.1) is 11.3 Å². The first-order valence-corrected chi connectivity index (χ1v) is 9.21. The lowest BCUT2D eigenvalue weighted by Crippen LogP contribution is -2.36. The third-order valence-corrected chi connectivity index (χ3v) is 5.47. The van der Waals surface area contributed by atoms with Crippen LogP contribution >= 0.6 is 27.3 Å². The molecule has 0 saturated carbocycles. The van der Waals surface area contributed by atoms with Crippen LogP contribution in [0, 0.1) is 0 Å². The van der Waals surface area contributed by atoms with Crippen LogP contribution in [0.3, 0.4) is 0 Å². The van der Waals surface area contributed by atoms with Crippen LogP contribution in [-0.4, -0.2) is 29.8 Å². The second-order valence-corrected chi connectivity index (χ2v) is 7.92. The van der Waals surface area contributed by atoms with E-state index in [-0.39, 0.29) is 11.8 Å². The van der Waals surface area contributed by atoms with Crippen molar-refractivity contribution in [3.8, 4) is 0 Å². The summed E-state index contributed by atoms with van der Waals surface area (Å²) < 4.78 is 0.903. The van der Waals surface area contributed by atoms with Crippen molar-refractivity contribution in [2.24, 2.45) is 0 Å². The predicted octanol–water partition coefficient (Wildman–Crippen LogP) is 4.39. The minimum absolute atomic E-state index is 0.00652. The summed E-state index contributed by atoms with van der Waals surface area (Å²) in [6, 6.07) is 10.8. The van der Waals surface area contributed by atoms with Gasteiger partial charge in [0.1, 0.15) is 0 Å². The number of nitrogens with one attached hydrogen (secondary N) is 1. The number of thiophene rings is 1. The normalized spacial score (nSPS) is 14.6. The maximum Gasteiger partial charge on any atom is 0.265 e. The quantitative estimate of drug-likeness (QED) is 0.841. The molecule has 1 N–H and O–H groups in total. The number of hydrogen-bond acceptors (Lipinski definition) is 3. The number of hydrogen-bond donors (Lipinski definition) is 1. The number of benzene rings is 1. The first-order valence-electron chi connectivity index (χ1n) is 7.60. The van der Waals surface area contributed by atoms with E-state index in [4.69, 9.17) is 0 Å². The Bertz CT molecular complexity index is 723. The molecule has 0 unspecified atom stereocenters. The van der Waals surface area contributed by atoms with Crippen LogP contribution in [0.5, 0.6) is 0 Å². The molecule has 0 spiro atoms. The van der Waals surface area contributed by atoms with Gasteiger partial charge in [0, 0.05) is 13.1 Å². The van der Waals surface area contributed by atoms with Crippen LogP contribution in [0.1, 0.15) is 39.3 Å². The number of amides is 2. The van der Waals surface area contributed by atoms with Crippen molar-refractivity contribution in [1.29, 1.82) is 0 Å². The van der Waals surface area contributed by atoms with Gasteiger partial charge in [0.15, 0.2) is 0 Å². The molecule has 4 nitrogen and oxygen atoms in total. The van der Waals surface area contributed by atoms with Crippen LogP contribution in [-0.2, 0) is 0 Å². The van der Waals surface area contributed by atoms with Crippen LogP contribution < -0.4 is 5.32 Å². The second kappa shape index (κ2) is 7.27. The molecular weight excluding hydrogens is 376 g/mol. The molecule has 1 saturated heterocycles. The molecule has 2 aromatic rings. The molecule has 0 atom stereocenters. The van der Waals surface area contributed by atoms with E-state index in [2.05, 4.69) is 21.2 Å². The fourth-order valence-corrected chi connectivity index (χ4v) is 3.95. The molecule has 23 heavy (non-hydrogen) atoms. The van der Waals surface area contributed by atoms with E-state index in [0.717, 1.165) is 29.7 Å². The van der Waals surface area contributed by atoms with Gasteiger partial charge in [-0.1, -0.05) is 12.1 Å². The predicted molar refractivity (Wildman–Crippen MR) is 96.2 cm³/mol. The molecular formula is C17H17BrN2O2S. The molecule has 120 valence electrons. The van der Waals surface area contributed by atoms with E-state index >= 15 is 0 Å². The lowest BCUT2D eigenvalue weighted by atomic mass is 10.1. The molecule has 6 heteroatoms. The largest absolute Gasteiger partial charge is 0.339 e. The minimum atomic E-state index is -0.195. The summed E-state index contributed by atoms with van der Waals surface area (Å²) in [5, 5.41) is 2.86. The minimum Gasteiger partial charge on any atom is -0.339 e. The van der Waals surface area contributed by atoms with Gasteiger partial charge in [-0.05, 0) is 59.5 Å². The third-order valence-electron chi connectivity index (χ3n) is 3.85. The first-order chi connectivity index (χ1) is 11.1. The highest BCUT2D eigenvalue weighted by atomic mass is 79.9. The SMILES string of the molecule is O=C(Nc1ccccc1C(=O)N1CCCCC1)c1ccc(Br)s1. The van der Waals surface area contributed by atoms with Crippen molar-refractivity contribution in [3.63, 3.8) is 0 Å². The number of carbonyl (C=O) groups excluding carboxylic acids is 2. The molecule has 2 heterocycles. The Morgan fingerprint density at radius 3 is 2.48 bits per heavy atom. The molecule has 1 aromatic heterocycles. The maximum atomic E-state index is 12.7. The number of rotatable bonds is 3. The first kappa shape index (κ1) is 16.2. The Balaban J connectivity index is 1.80. The van der Waals surface area contributed by atoms with Gasteiger partial charge in [0.2, 0.25) is 0 Å². The number of piperidine rings is 1. The lowest BCUT2D eigenvalue weighted by Gasteiger charge is -2.27. The van der Waals surface area contributed by atoms with Crippen molar-refractivity contribution in [3.05, 3.63) is 50.6 Å². The average molecular weight is 393 g/mol. The number of likely N-dealkylation sites (tertiary alicyclic amines) is 1. The molecule has 0 radical (unpaired) electrons. The third kappa shape index (κ3) is 3.82. The summed E-state index contributed by atoms with van der Waals surface area (Å²) in [4.78, 5) is 27.5. The Morgan fingerprint density at radius 1 is 1.04 bits per heavy atom. The number of para-hydroxylation sites is 1. The number of carbonyl (C=O) groups is 2. The van der Waals surface area contributed by atoms with Crippen LogP contribution in [0.4, 0.5) is 5.69 Å². The topological polar surface area (TPSA) is 49.4 Å². The molecule has 1 fully saturated rings. The highest BCUT2D eigenvalue weighted by molar-refractivity contribution is 9.11. The molecule has 1 aromatic carbocycles. The van der Waals surface area contributed by atoms with Crippen molar-refractivity contribution in [2.45, 2.75) is 19.3 Å². The van der Waals surface area contributed by atoms with Gasteiger partial charge in [0.25, 0.3) is 11.8 Å². The van der Waals surface area contributed by atoms with E-state index in [9.17, 15) is 9.59 Å². The van der Waals surface area contributed by atoms with Gasteiger partial charge in [-0.2, -0.15) is 0 Å². The number of anilines is 1. The fraction of sp³-hybridized carbons (Fsp3) is 0.294. The Hall–Kier alpha value is -1.66. The van der Waals surface area contributed by atoms with E-state index < -0.39 is 0 Å². The van der Waals surface area contributed by atoms with Crippen molar-refractivity contribution in [2.75, 3.05) is 18.4 Å². The average Bonchev–Trinajstić information content (AvgIpc) is 3.02. The van der Waals surface area contributed by atoms with Gasteiger partial charge in [0.05, 0.1) is 19.9 Å². The second-order valence-electron chi connectivity index (χ2n) is 5.46. The highest BCUT2D eigenvalue weighted by Crippen LogP contribution is 2.25. The van der Waals surface area contributed by atoms with E-state index in [1.54, 1.807) is 18.2 Å². The summed E-state index contributed by atoms with van der Waals surface area (Å²) in [5.74, 6) is -0.201. The zero-order chi connectivity index (χ0) is 16.2. The molecule has 0 aliphatic carbocycles. The standard InChI is InChI=1S/C17H17BrN2O2S/c18-15-9-8-14(23-15)16(21)19-13-7-3-2-6-12(13)17(22)20-10-4-1-5-11-20/h2-3,6-9H,1,4-5,10-11H2,(H,19,21). The monoisotopic (exact) mass is 392 g/mol. The van der Waals surface area contributed by atoms with E-state index in [0.29, 0.717) is 16.1 Å². The highest BCUT2D eigenvalue weighted by Gasteiger charge is 2.21. The lowest BCUT2D eigenvalue weighted by molar-refractivity contribution is 0.0725. The van der Waals surface area contributed by atoms with Crippen molar-refractivity contribution >= 4 is 44.8 Å². The molecule has 0 bridgehead atoms. The Labute approximate surface area is 147 Å². The maximum absolute atomic E-state index is 12.7. The fourth-order valence-electron chi connectivity index (χ4n) is 2.67. The van der Waals surface area contributed by atoms with E-state index in [1.807, 2.05) is 23.1 Å². The summed E-state index contributed by atoms with van der Waals surface area (Å²) in [6.07, 6.45) is 3.27. The Kier molecular flexibility index (Phi) is 5.13.